The van der Waals surface area contributed by atoms with Crippen LogP contribution in [0, 0.1) is 11.8 Å². The van der Waals surface area contributed by atoms with Gasteiger partial charge in [-0.1, -0.05) is 13.8 Å². The molecule has 2 aliphatic rings. The van der Waals surface area contributed by atoms with E-state index in [-0.39, 0.29) is 5.91 Å². The van der Waals surface area contributed by atoms with Crippen molar-refractivity contribution in [2.24, 2.45) is 11.8 Å². The van der Waals surface area contributed by atoms with Crippen LogP contribution in [0.15, 0.2) is 0 Å². The van der Waals surface area contributed by atoms with Gasteiger partial charge < -0.3 is 14.9 Å². The molecule has 3 unspecified atom stereocenters. The lowest BCUT2D eigenvalue weighted by Crippen LogP contribution is -2.44. The second kappa shape index (κ2) is 6.57. The van der Waals surface area contributed by atoms with Gasteiger partial charge in [0.05, 0.1) is 0 Å². The Morgan fingerprint density at radius 3 is 2.45 bits per heavy atom. The van der Waals surface area contributed by atoms with Crippen LogP contribution in [0.25, 0.3) is 0 Å². The van der Waals surface area contributed by atoms with Crippen molar-refractivity contribution in [3.63, 3.8) is 0 Å². The first-order valence-corrected chi connectivity index (χ1v) is 7.72. The van der Waals surface area contributed by atoms with Gasteiger partial charge in [-0.25, -0.2) is 4.79 Å². The highest BCUT2D eigenvalue weighted by molar-refractivity contribution is 5.84. The van der Waals surface area contributed by atoms with Crippen LogP contribution in [0.4, 0.5) is 0 Å². The van der Waals surface area contributed by atoms with E-state index in [4.69, 9.17) is 5.11 Å². The lowest BCUT2D eigenvalue weighted by Gasteiger charge is -2.35. The summed E-state index contributed by atoms with van der Waals surface area (Å²) >= 11 is 0. The Morgan fingerprint density at radius 2 is 1.85 bits per heavy atom. The van der Waals surface area contributed by atoms with Gasteiger partial charge in [0.25, 0.3) is 0 Å². The molecule has 2 heterocycles. The van der Waals surface area contributed by atoms with Crippen LogP contribution in [-0.4, -0.2) is 59.0 Å². The van der Waals surface area contributed by atoms with Gasteiger partial charge in [-0.05, 0) is 31.1 Å². The molecule has 0 aromatic rings. The minimum Gasteiger partial charge on any atom is -0.480 e. The fourth-order valence-electron chi connectivity index (χ4n) is 3.69. The number of carbonyl (C=O) groups is 2. The van der Waals surface area contributed by atoms with Gasteiger partial charge in [0.1, 0.15) is 6.04 Å². The molecule has 2 aliphatic heterocycles. The SMILES string of the molecule is CC1CC(C)CN(CCC(=O)N2CCCC2C(=O)O)C1. The molecule has 0 spiro atoms. The molecule has 2 saturated heterocycles. The summed E-state index contributed by atoms with van der Waals surface area (Å²) in [6.45, 7) is 7.98. The predicted molar refractivity (Wildman–Crippen MR) is 76.4 cm³/mol. The molecule has 114 valence electrons. The maximum atomic E-state index is 12.2. The summed E-state index contributed by atoms with van der Waals surface area (Å²) in [5, 5.41) is 9.11. The molecule has 20 heavy (non-hydrogen) atoms. The molecule has 2 fully saturated rings. The fraction of sp³-hybridized carbons (Fsp3) is 0.867. The van der Waals surface area contributed by atoms with E-state index in [9.17, 15) is 9.59 Å². The third kappa shape index (κ3) is 3.72. The minimum atomic E-state index is -0.865. The van der Waals surface area contributed by atoms with E-state index in [1.165, 1.54) is 6.42 Å². The number of hydrogen-bond donors (Lipinski definition) is 1. The standard InChI is InChI=1S/C15H26N2O3/c1-11-8-12(2)10-16(9-11)7-5-14(18)17-6-3-4-13(17)15(19)20/h11-13H,3-10H2,1-2H3,(H,19,20). The monoisotopic (exact) mass is 282 g/mol. The van der Waals surface area contributed by atoms with Crippen LogP contribution in [-0.2, 0) is 9.59 Å². The maximum absolute atomic E-state index is 12.2. The molecule has 3 atom stereocenters. The maximum Gasteiger partial charge on any atom is 0.326 e. The molecular weight excluding hydrogens is 256 g/mol. The number of carboxylic acids is 1. The second-order valence-electron chi connectivity index (χ2n) is 6.54. The van der Waals surface area contributed by atoms with Crippen LogP contribution in [0.5, 0.6) is 0 Å². The topological polar surface area (TPSA) is 60.9 Å². The highest BCUT2D eigenvalue weighted by Crippen LogP contribution is 2.22. The molecular formula is C15H26N2O3. The van der Waals surface area contributed by atoms with Gasteiger partial charge in [0.15, 0.2) is 0 Å². The first-order chi connectivity index (χ1) is 9.47. The number of aliphatic carboxylic acids is 1. The molecule has 0 aliphatic carbocycles. The number of carboxylic acid groups (broad SMARTS) is 1. The minimum absolute atomic E-state index is 0.000722. The Kier molecular flexibility index (Phi) is 5.02. The summed E-state index contributed by atoms with van der Waals surface area (Å²) < 4.78 is 0. The number of nitrogens with zero attached hydrogens (tertiary/aromatic N) is 2. The van der Waals surface area contributed by atoms with E-state index in [1.807, 2.05) is 0 Å². The number of rotatable bonds is 4. The van der Waals surface area contributed by atoms with Gasteiger partial charge in [0, 0.05) is 32.6 Å². The summed E-state index contributed by atoms with van der Waals surface area (Å²) in [7, 11) is 0. The number of amides is 1. The second-order valence-corrected chi connectivity index (χ2v) is 6.54. The van der Waals surface area contributed by atoms with Crippen LogP contribution < -0.4 is 0 Å². The highest BCUT2D eigenvalue weighted by Gasteiger charge is 2.33. The number of hydrogen-bond acceptors (Lipinski definition) is 3. The molecule has 5 nitrogen and oxygen atoms in total. The molecule has 1 amide bonds. The van der Waals surface area contributed by atoms with E-state index >= 15 is 0 Å². The lowest BCUT2D eigenvalue weighted by molar-refractivity contribution is -0.148. The van der Waals surface area contributed by atoms with Crippen LogP contribution in [0.3, 0.4) is 0 Å². The van der Waals surface area contributed by atoms with Gasteiger partial charge in [-0.3, -0.25) is 4.79 Å². The summed E-state index contributed by atoms with van der Waals surface area (Å²) in [5.41, 5.74) is 0. The Morgan fingerprint density at radius 1 is 1.20 bits per heavy atom. The van der Waals surface area contributed by atoms with E-state index < -0.39 is 12.0 Å². The zero-order valence-electron chi connectivity index (χ0n) is 12.5. The summed E-state index contributed by atoms with van der Waals surface area (Å²) in [4.78, 5) is 27.2. The van der Waals surface area contributed by atoms with Crippen LogP contribution >= 0.6 is 0 Å². The fourth-order valence-corrected chi connectivity index (χ4v) is 3.69. The van der Waals surface area contributed by atoms with Crippen LogP contribution in [0.1, 0.15) is 39.5 Å². The smallest absolute Gasteiger partial charge is 0.326 e. The van der Waals surface area contributed by atoms with Crippen molar-refractivity contribution in [3.8, 4) is 0 Å². The Labute approximate surface area is 120 Å². The zero-order valence-corrected chi connectivity index (χ0v) is 12.5. The van der Waals surface area contributed by atoms with Crippen molar-refractivity contribution in [2.45, 2.75) is 45.6 Å². The first kappa shape index (κ1) is 15.3. The Hall–Kier alpha value is -1.10. The van der Waals surface area contributed by atoms with Crippen molar-refractivity contribution in [1.82, 2.24) is 9.80 Å². The zero-order chi connectivity index (χ0) is 14.7. The van der Waals surface area contributed by atoms with Crippen molar-refractivity contribution in [2.75, 3.05) is 26.2 Å². The molecule has 0 aromatic carbocycles. The molecule has 0 aromatic heterocycles. The third-order valence-corrected chi connectivity index (χ3v) is 4.44. The van der Waals surface area contributed by atoms with E-state index in [1.54, 1.807) is 4.90 Å². The molecule has 0 radical (unpaired) electrons. The first-order valence-electron chi connectivity index (χ1n) is 7.72. The quantitative estimate of drug-likeness (QED) is 0.847. The molecule has 5 heteroatoms. The summed E-state index contributed by atoms with van der Waals surface area (Å²) in [6.07, 6.45) is 3.11. The number of likely N-dealkylation sites (tertiary alicyclic amines) is 2. The van der Waals surface area contributed by atoms with Gasteiger partial charge in [0.2, 0.25) is 5.91 Å². The molecule has 0 saturated carbocycles. The Balaban J connectivity index is 1.81. The molecule has 0 bridgehead atoms. The van der Waals surface area contributed by atoms with Crippen LogP contribution in [0.2, 0.25) is 0 Å². The van der Waals surface area contributed by atoms with E-state index in [0.717, 1.165) is 26.1 Å². The molecule has 2 rings (SSSR count). The third-order valence-electron chi connectivity index (χ3n) is 4.44. The average molecular weight is 282 g/mol. The van der Waals surface area contributed by atoms with Gasteiger partial charge >= 0.3 is 5.97 Å². The average Bonchev–Trinajstić information content (AvgIpc) is 2.84. The Bertz CT molecular complexity index is 362. The normalized spacial score (nSPS) is 31.5. The van der Waals surface area contributed by atoms with E-state index in [0.29, 0.717) is 31.2 Å². The molecule has 1 N–H and O–H groups in total. The largest absolute Gasteiger partial charge is 0.480 e. The lowest BCUT2D eigenvalue weighted by atomic mass is 9.92. The summed E-state index contributed by atoms with van der Waals surface area (Å²) in [5.74, 6) is 0.511. The highest BCUT2D eigenvalue weighted by atomic mass is 16.4. The predicted octanol–water partition coefficient (Wildman–Crippen LogP) is 1.43. The number of piperidine rings is 1. The van der Waals surface area contributed by atoms with E-state index in [2.05, 4.69) is 18.7 Å². The van der Waals surface area contributed by atoms with Crippen molar-refractivity contribution in [1.29, 1.82) is 0 Å². The van der Waals surface area contributed by atoms with Gasteiger partial charge in [-0.15, -0.1) is 0 Å². The van der Waals surface area contributed by atoms with Gasteiger partial charge in [-0.2, -0.15) is 0 Å². The van der Waals surface area contributed by atoms with Crippen molar-refractivity contribution >= 4 is 11.9 Å². The van der Waals surface area contributed by atoms with Crippen molar-refractivity contribution in [3.05, 3.63) is 0 Å². The summed E-state index contributed by atoms with van der Waals surface area (Å²) in [6, 6.07) is -0.596. The van der Waals surface area contributed by atoms with Crippen molar-refractivity contribution < 1.29 is 14.7 Å². The number of carbonyl (C=O) groups excluding carboxylic acids is 1.